The Morgan fingerprint density at radius 3 is 2.35 bits per heavy atom. The van der Waals surface area contributed by atoms with Crippen LogP contribution in [0.5, 0.6) is 5.75 Å². The van der Waals surface area contributed by atoms with E-state index >= 15 is 0 Å². The quantitative estimate of drug-likeness (QED) is 0.150. The van der Waals surface area contributed by atoms with E-state index < -0.39 is 16.9 Å². The van der Waals surface area contributed by atoms with E-state index in [1.807, 2.05) is 74.5 Å². The number of likely N-dealkylation sites (tertiary alicyclic amines) is 1. The zero-order chi connectivity index (χ0) is 32.9. The molecule has 244 valence electrons. The molecular weight excluding hydrogens is 600 g/mol. The Hall–Kier alpha value is -3.72. The van der Waals surface area contributed by atoms with Crippen LogP contribution in [0.2, 0.25) is 5.02 Å². The fraction of sp³-hybridized carbons (Fsp3) is 0.432. The Balaban J connectivity index is 1.28. The molecule has 0 saturated carbocycles. The summed E-state index contributed by atoms with van der Waals surface area (Å²) in [5, 5.41) is 15.2. The van der Waals surface area contributed by atoms with Crippen molar-refractivity contribution in [3.63, 3.8) is 0 Å². The highest BCUT2D eigenvalue weighted by Crippen LogP contribution is 2.40. The van der Waals surface area contributed by atoms with Gasteiger partial charge < -0.3 is 20.1 Å². The van der Waals surface area contributed by atoms with Gasteiger partial charge in [-0.3, -0.25) is 9.69 Å². The minimum Gasteiger partial charge on any atom is -0.494 e. The first-order valence-corrected chi connectivity index (χ1v) is 16.5. The minimum atomic E-state index is -0.812. The summed E-state index contributed by atoms with van der Waals surface area (Å²) in [5.41, 5.74) is 9.17. The smallest absolute Gasteiger partial charge is 0.309 e. The predicted octanol–water partition coefficient (Wildman–Crippen LogP) is 8.06. The normalized spacial score (nSPS) is 16.0. The van der Waals surface area contributed by atoms with Crippen molar-refractivity contribution < 1.29 is 19.2 Å². The third-order valence-corrected chi connectivity index (χ3v) is 9.22. The Bertz CT molecular complexity index is 1590. The molecule has 4 aromatic rings. The Morgan fingerprint density at radius 1 is 1.07 bits per heavy atom. The molecule has 3 N–H and O–H groups in total. The summed E-state index contributed by atoms with van der Waals surface area (Å²) in [6, 6.07) is 23.6. The molecule has 1 atom stereocenters. The SMILES string of the molecule is CC(C)Cc1ccc(-c2nc(-c3ccc(C(CC(C)(C)N)N4CCC(CCOc5ccccc5)(C(=O)O)CC4)cc3)no2)cc1Cl. The Labute approximate surface area is 276 Å². The summed E-state index contributed by atoms with van der Waals surface area (Å²) in [6.45, 7) is 10.1. The van der Waals surface area contributed by atoms with Crippen LogP contribution in [0.3, 0.4) is 0 Å². The standard InChI is InChI=1S/C37H45ClN4O4/c1-25(2)22-28-14-15-29(23-31(28)38)34-40-33(41-46-34)27-12-10-26(11-13-27)32(24-36(3,4)39)42-19-16-37(17-20-42,35(43)44)18-21-45-30-8-6-5-7-9-30/h5-15,23,25,32H,16-22,24,39H2,1-4H3,(H,43,44). The third kappa shape index (κ3) is 8.35. The van der Waals surface area contributed by atoms with Gasteiger partial charge in [-0.25, -0.2) is 0 Å². The number of carbonyl (C=O) groups is 1. The molecule has 1 aliphatic heterocycles. The summed E-state index contributed by atoms with van der Waals surface area (Å²) in [6.07, 6.45) is 3.20. The maximum absolute atomic E-state index is 12.5. The van der Waals surface area contributed by atoms with E-state index in [1.54, 1.807) is 0 Å². The first kappa shape index (κ1) is 33.6. The lowest BCUT2D eigenvalue weighted by Gasteiger charge is -2.43. The molecule has 5 rings (SSSR count). The molecule has 1 aliphatic rings. The van der Waals surface area contributed by atoms with E-state index in [1.165, 1.54) is 0 Å². The first-order chi connectivity index (χ1) is 21.9. The van der Waals surface area contributed by atoms with Crippen LogP contribution in [-0.2, 0) is 11.2 Å². The zero-order valence-corrected chi connectivity index (χ0v) is 28.0. The number of carboxylic acids is 1. The molecule has 0 amide bonds. The van der Waals surface area contributed by atoms with Gasteiger partial charge in [0.05, 0.1) is 12.0 Å². The number of ether oxygens (including phenoxy) is 1. The van der Waals surface area contributed by atoms with E-state index in [0.717, 1.165) is 40.8 Å². The second-order valence-corrected chi connectivity index (χ2v) is 14.1. The molecule has 8 nitrogen and oxygen atoms in total. The van der Waals surface area contributed by atoms with E-state index in [-0.39, 0.29) is 6.04 Å². The van der Waals surface area contributed by atoms with Crippen LogP contribution < -0.4 is 10.5 Å². The topological polar surface area (TPSA) is 115 Å². The van der Waals surface area contributed by atoms with Gasteiger partial charge in [-0.05, 0) is 100 Å². The van der Waals surface area contributed by atoms with Gasteiger partial charge in [0, 0.05) is 27.7 Å². The van der Waals surface area contributed by atoms with E-state index in [9.17, 15) is 9.90 Å². The number of para-hydroxylation sites is 1. The number of carboxylic acid groups (broad SMARTS) is 1. The monoisotopic (exact) mass is 644 g/mol. The lowest BCUT2D eigenvalue weighted by Crippen LogP contribution is -2.48. The minimum absolute atomic E-state index is 0.0359. The van der Waals surface area contributed by atoms with Crippen molar-refractivity contribution in [2.75, 3.05) is 19.7 Å². The fourth-order valence-corrected chi connectivity index (χ4v) is 6.53. The maximum Gasteiger partial charge on any atom is 0.309 e. The van der Waals surface area contributed by atoms with Crippen LogP contribution in [-0.4, -0.2) is 51.4 Å². The van der Waals surface area contributed by atoms with Crippen LogP contribution in [0.1, 0.15) is 70.5 Å². The molecule has 0 radical (unpaired) electrons. The van der Waals surface area contributed by atoms with Crippen molar-refractivity contribution >= 4 is 17.6 Å². The second-order valence-electron chi connectivity index (χ2n) is 13.7. The molecule has 0 bridgehead atoms. The van der Waals surface area contributed by atoms with Gasteiger partial charge in [-0.1, -0.05) is 79.1 Å². The van der Waals surface area contributed by atoms with E-state index in [4.69, 9.17) is 26.6 Å². The van der Waals surface area contributed by atoms with Crippen molar-refractivity contribution in [2.24, 2.45) is 17.1 Å². The summed E-state index contributed by atoms with van der Waals surface area (Å²) < 4.78 is 11.5. The average Bonchev–Trinajstić information content (AvgIpc) is 3.52. The first-order valence-electron chi connectivity index (χ1n) is 16.1. The number of hydrogen-bond donors (Lipinski definition) is 2. The molecule has 0 aliphatic carbocycles. The number of benzene rings is 3. The average molecular weight is 645 g/mol. The van der Waals surface area contributed by atoms with Crippen LogP contribution in [0.15, 0.2) is 77.3 Å². The molecule has 1 fully saturated rings. The largest absolute Gasteiger partial charge is 0.494 e. The van der Waals surface area contributed by atoms with Crippen molar-refractivity contribution in [3.8, 4) is 28.6 Å². The molecule has 0 spiro atoms. The van der Waals surface area contributed by atoms with Crippen molar-refractivity contribution in [2.45, 2.75) is 71.4 Å². The fourth-order valence-electron chi connectivity index (χ4n) is 6.27. The number of nitrogens with zero attached hydrogens (tertiary/aromatic N) is 3. The van der Waals surface area contributed by atoms with E-state index in [2.05, 4.69) is 41.0 Å². The predicted molar refractivity (Wildman–Crippen MR) is 182 cm³/mol. The van der Waals surface area contributed by atoms with Crippen LogP contribution in [0.4, 0.5) is 0 Å². The van der Waals surface area contributed by atoms with Crippen LogP contribution in [0, 0.1) is 11.3 Å². The van der Waals surface area contributed by atoms with Gasteiger partial charge in [0.2, 0.25) is 5.82 Å². The summed E-state index contributed by atoms with van der Waals surface area (Å²) in [7, 11) is 0. The van der Waals surface area contributed by atoms with Gasteiger partial charge in [0.25, 0.3) is 5.89 Å². The lowest BCUT2D eigenvalue weighted by atomic mass is 9.75. The van der Waals surface area contributed by atoms with Crippen LogP contribution >= 0.6 is 11.6 Å². The number of halogens is 1. The number of aliphatic carboxylic acids is 1. The summed E-state index contributed by atoms with van der Waals surface area (Å²) >= 11 is 6.54. The van der Waals surface area contributed by atoms with Crippen LogP contribution in [0.25, 0.3) is 22.8 Å². The molecule has 1 saturated heterocycles. The summed E-state index contributed by atoms with van der Waals surface area (Å²) in [5.74, 6) is 1.43. The van der Waals surface area contributed by atoms with Gasteiger partial charge in [-0.2, -0.15) is 4.98 Å². The molecule has 1 aromatic heterocycles. The second kappa shape index (κ2) is 14.4. The highest BCUT2D eigenvalue weighted by molar-refractivity contribution is 6.31. The number of aromatic nitrogens is 2. The third-order valence-electron chi connectivity index (χ3n) is 8.87. The highest BCUT2D eigenvalue weighted by Gasteiger charge is 2.43. The molecule has 46 heavy (non-hydrogen) atoms. The number of hydrogen-bond acceptors (Lipinski definition) is 7. The van der Waals surface area contributed by atoms with Crippen molar-refractivity contribution in [1.82, 2.24) is 15.0 Å². The molecule has 9 heteroatoms. The molecule has 3 aromatic carbocycles. The lowest BCUT2D eigenvalue weighted by molar-refractivity contribution is -0.153. The summed E-state index contributed by atoms with van der Waals surface area (Å²) in [4.78, 5) is 19.5. The van der Waals surface area contributed by atoms with Crippen molar-refractivity contribution in [3.05, 3.63) is 88.9 Å². The molecular formula is C37H45ClN4O4. The highest BCUT2D eigenvalue weighted by atomic mass is 35.5. The molecule has 1 unspecified atom stereocenters. The number of nitrogens with two attached hydrogens (primary N) is 1. The molecule has 2 heterocycles. The van der Waals surface area contributed by atoms with Gasteiger partial charge in [0.1, 0.15) is 5.75 Å². The van der Waals surface area contributed by atoms with Gasteiger partial charge in [-0.15, -0.1) is 0 Å². The Morgan fingerprint density at radius 2 is 1.74 bits per heavy atom. The van der Waals surface area contributed by atoms with Crippen molar-refractivity contribution in [1.29, 1.82) is 0 Å². The van der Waals surface area contributed by atoms with E-state index in [0.29, 0.717) is 61.6 Å². The maximum atomic E-state index is 12.5. The van der Waals surface area contributed by atoms with Gasteiger partial charge in [0.15, 0.2) is 0 Å². The number of rotatable bonds is 13. The number of piperidine rings is 1. The Kier molecular flexibility index (Phi) is 10.5. The zero-order valence-electron chi connectivity index (χ0n) is 27.2. The van der Waals surface area contributed by atoms with Gasteiger partial charge >= 0.3 is 5.97 Å².